The smallest absolute Gasteiger partial charge is 0.255 e. The second-order valence-electron chi connectivity index (χ2n) is 6.41. The lowest BCUT2D eigenvalue weighted by atomic mass is 10.1. The predicted octanol–water partition coefficient (Wildman–Crippen LogP) is 4.93. The van der Waals surface area contributed by atoms with E-state index in [-0.39, 0.29) is 5.91 Å². The summed E-state index contributed by atoms with van der Waals surface area (Å²) < 4.78 is 1.04. The van der Waals surface area contributed by atoms with Crippen LogP contribution in [0.4, 0.5) is 11.4 Å². The Hall–Kier alpha value is -2.40. The fourth-order valence-electron chi connectivity index (χ4n) is 3.36. The summed E-state index contributed by atoms with van der Waals surface area (Å²) in [7, 11) is 0. The third-order valence-electron chi connectivity index (χ3n) is 4.69. The molecule has 1 saturated heterocycles. The molecule has 1 aliphatic rings. The average molecular weight is 351 g/mol. The molecular weight excluding hydrogens is 330 g/mol. The summed E-state index contributed by atoms with van der Waals surface area (Å²) >= 11 is 1.55. The van der Waals surface area contributed by atoms with Crippen LogP contribution < -0.4 is 10.2 Å². The number of fused-ring (bicyclic) bond motifs is 1. The fraction of sp³-hybridized carbons (Fsp3) is 0.300. The minimum atomic E-state index is -0.0717. The topological polar surface area (TPSA) is 45.2 Å². The fourth-order valence-corrected chi connectivity index (χ4v) is 4.07. The zero-order valence-electron chi connectivity index (χ0n) is 14.1. The minimum absolute atomic E-state index is 0.0717. The lowest BCUT2D eigenvalue weighted by molar-refractivity contribution is 0.102. The van der Waals surface area contributed by atoms with Crippen LogP contribution in [0.5, 0.6) is 0 Å². The van der Waals surface area contributed by atoms with Gasteiger partial charge in [-0.15, -0.1) is 11.3 Å². The number of amides is 1. The quantitative estimate of drug-likeness (QED) is 0.728. The monoisotopic (exact) mass is 351 g/mol. The summed E-state index contributed by atoms with van der Waals surface area (Å²) in [6, 6.07) is 13.8. The van der Waals surface area contributed by atoms with E-state index in [2.05, 4.69) is 21.3 Å². The molecule has 4 nitrogen and oxygen atoms in total. The number of carbonyl (C=O) groups is 1. The third-order valence-corrected chi connectivity index (χ3v) is 5.48. The molecule has 0 bridgehead atoms. The van der Waals surface area contributed by atoms with Gasteiger partial charge in [-0.2, -0.15) is 0 Å². The predicted molar refractivity (Wildman–Crippen MR) is 105 cm³/mol. The SMILES string of the molecule is O=C(Nc1ccccc1N1CCCCCC1)c1ccc2ncsc2c1. The molecule has 0 aliphatic carbocycles. The molecular formula is C20H21N3OS. The van der Waals surface area contributed by atoms with Gasteiger partial charge in [0.1, 0.15) is 0 Å². The van der Waals surface area contributed by atoms with Crippen molar-refractivity contribution in [3.05, 3.63) is 53.5 Å². The Morgan fingerprint density at radius 2 is 1.84 bits per heavy atom. The molecule has 1 N–H and O–H groups in total. The number of aromatic nitrogens is 1. The van der Waals surface area contributed by atoms with Crippen LogP contribution >= 0.6 is 11.3 Å². The van der Waals surface area contributed by atoms with Crippen LogP contribution in [-0.2, 0) is 0 Å². The summed E-state index contributed by atoms with van der Waals surface area (Å²) in [5.41, 5.74) is 5.42. The van der Waals surface area contributed by atoms with Crippen molar-refractivity contribution in [2.45, 2.75) is 25.7 Å². The van der Waals surface area contributed by atoms with Gasteiger partial charge in [-0.3, -0.25) is 4.79 Å². The Balaban J connectivity index is 1.58. The zero-order chi connectivity index (χ0) is 17.1. The summed E-state index contributed by atoms with van der Waals surface area (Å²) in [5.74, 6) is -0.0717. The highest BCUT2D eigenvalue weighted by Gasteiger charge is 2.15. The lowest BCUT2D eigenvalue weighted by Gasteiger charge is -2.25. The molecule has 25 heavy (non-hydrogen) atoms. The van der Waals surface area contributed by atoms with Crippen LogP contribution in [0.1, 0.15) is 36.0 Å². The molecule has 0 spiro atoms. The zero-order valence-corrected chi connectivity index (χ0v) is 14.9. The number of nitrogens with zero attached hydrogens (tertiary/aromatic N) is 2. The van der Waals surface area contributed by atoms with Gasteiger partial charge in [0.15, 0.2) is 0 Å². The van der Waals surface area contributed by atoms with Crippen LogP contribution in [-0.4, -0.2) is 24.0 Å². The number of carbonyl (C=O) groups excluding carboxylic acids is 1. The molecule has 128 valence electrons. The maximum atomic E-state index is 12.7. The molecule has 1 aromatic heterocycles. The number of nitrogens with one attached hydrogen (secondary N) is 1. The second-order valence-corrected chi connectivity index (χ2v) is 7.29. The van der Waals surface area contributed by atoms with E-state index >= 15 is 0 Å². The maximum absolute atomic E-state index is 12.7. The van der Waals surface area contributed by atoms with E-state index in [1.807, 2.05) is 36.4 Å². The Morgan fingerprint density at radius 3 is 2.68 bits per heavy atom. The van der Waals surface area contributed by atoms with E-state index in [1.54, 1.807) is 16.8 Å². The van der Waals surface area contributed by atoms with Crippen LogP contribution in [0, 0.1) is 0 Å². The van der Waals surface area contributed by atoms with Gasteiger partial charge in [0, 0.05) is 18.7 Å². The van der Waals surface area contributed by atoms with Crippen molar-refractivity contribution in [2.24, 2.45) is 0 Å². The Kier molecular flexibility index (Phi) is 4.65. The Morgan fingerprint density at radius 1 is 1.04 bits per heavy atom. The number of hydrogen-bond donors (Lipinski definition) is 1. The first-order chi connectivity index (χ1) is 12.3. The molecule has 2 heterocycles. The first-order valence-electron chi connectivity index (χ1n) is 8.80. The van der Waals surface area contributed by atoms with Gasteiger partial charge in [-0.25, -0.2) is 4.98 Å². The molecule has 0 atom stereocenters. The van der Waals surface area contributed by atoms with Gasteiger partial charge in [0.2, 0.25) is 0 Å². The van der Waals surface area contributed by atoms with Crippen LogP contribution in [0.15, 0.2) is 48.0 Å². The van der Waals surface area contributed by atoms with Crippen molar-refractivity contribution in [1.29, 1.82) is 0 Å². The first-order valence-corrected chi connectivity index (χ1v) is 9.68. The van der Waals surface area contributed by atoms with Gasteiger partial charge in [-0.05, 0) is 43.2 Å². The van der Waals surface area contributed by atoms with Gasteiger partial charge in [-0.1, -0.05) is 25.0 Å². The molecule has 2 aromatic carbocycles. The van der Waals surface area contributed by atoms with Crippen molar-refractivity contribution < 1.29 is 4.79 Å². The van der Waals surface area contributed by atoms with Crippen LogP contribution in [0.2, 0.25) is 0 Å². The van der Waals surface area contributed by atoms with E-state index in [0.717, 1.165) is 34.7 Å². The number of rotatable bonds is 3. The van der Waals surface area contributed by atoms with Crippen molar-refractivity contribution in [1.82, 2.24) is 4.98 Å². The highest BCUT2D eigenvalue weighted by molar-refractivity contribution is 7.16. The van der Waals surface area contributed by atoms with Crippen LogP contribution in [0.3, 0.4) is 0 Å². The normalized spacial score (nSPS) is 15.1. The van der Waals surface area contributed by atoms with E-state index < -0.39 is 0 Å². The molecule has 0 saturated carbocycles. The third kappa shape index (κ3) is 3.51. The number of benzene rings is 2. The average Bonchev–Trinajstić information content (AvgIpc) is 2.94. The summed E-state index contributed by atoms with van der Waals surface area (Å²) in [4.78, 5) is 19.4. The van der Waals surface area contributed by atoms with Crippen molar-refractivity contribution in [3.63, 3.8) is 0 Å². The molecule has 1 fully saturated rings. The van der Waals surface area contributed by atoms with E-state index in [0.29, 0.717) is 5.56 Å². The van der Waals surface area contributed by atoms with E-state index in [4.69, 9.17) is 0 Å². The Bertz CT molecular complexity index is 881. The minimum Gasteiger partial charge on any atom is -0.370 e. The lowest BCUT2D eigenvalue weighted by Crippen LogP contribution is -2.25. The highest BCUT2D eigenvalue weighted by Crippen LogP contribution is 2.28. The molecule has 5 heteroatoms. The summed E-state index contributed by atoms with van der Waals surface area (Å²) in [6.45, 7) is 2.11. The molecule has 0 unspecified atom stereocenters. The molecule has 1 amide bonds. The summed E-state index contributed by atoms with van der Waals surface area (Å²) in [6.07, 6.45) is 5.01. The van der Waals surface area contributed by atoms with Crippen molar-refractivity contribution in [2.75, 3.05) is 23.3 Å². The molecule has 3 aromatic rings. The van der Waals surface area contributed by atoms with Gasteiger partial charge >= 0.3 is 0 Å². The van der Waals surface area contributed by atoms with Gasteiger partial charge in [0.25, 0.3) is 5.91 Å². The highest BCUT2D eigenvalue weighted by atomic mass is 32.1. The maximum Gasteiger partial charge on any atom is 0.255 e. The molecule has 0 radical (unpaired) electrons. The van der Waals surface area contributed by atoms with Crippen LogP contribution in [0.25, 0.3) is 10.2 Å². The van der Waals surface area contributed by atoms with E-state index in [9.17, 15) is 4.79 Å². The van der Waals surface area contributed by atoms with Crippen molar-refractivity contribution in [3.8, 4) is 0 Å². The van der Waals surface area contributed by atoms with E-state index in [1.165, 1.54) is 25.7 Å². The standard InChI is InChI=1S/C20H21N3OS/c24-20(15-9-10-17-19(13-15)25-14-21-17)22-16-7-3-4-8-18(16)23-11-5-1-2-6-12-23/h3-4,7-10,13-14H,1-2,5-6,11-12H2,(H,22,24). The van der Waals surface area contributed by atoms with Crippen molar-refractivity contribution >= 4 is 38.8 Å². The largest absolute Gasteiger partial charge is 0.370 e. The molecule has 4 rings (SSSR count). The second kappa shape index (κ2) is 7.23. The number of hydrogen-bond acceptors (Lipinski definition) is 4. The number of thiazole rings is 1. The number of para-hydroxylation sites is 2. The summed E-state index contributed by atoms with van der Waals surface area (Å²) in [5, 5.41) is 3.11. The Labute approximate surface area is 151 Å². The van der Waals surface area contributed by atoms with Gasteiger partial charge in [0.05, 0.1) is 27.1 Å². The number of anilines is 2. The van der Waals surface area contributed by atoms with Gasteiger partial charge < -0.3 is 10.2 Å². The first kappa shape index (κ1) is 16.1. The molecule has 1 aliphatic heterocycles.